The minimum atomic E-state index is -1.05. The lowest BCUT2D eigenvalue weighted by Gasteiger charge is -2.21. The van der Waals surface area contributed by atoms with Gasteiger partial charge in [0.05, 0.1) is 17.7 Å². The van der Waals surface area contributed by atoms with Crippen molar-refractivity contribution in [1.29, 1.82) is 5.26 Å². The van der Waals surface area contributed by atoms with Crippen molar-refractivity contribution in [2.24, 2.45) is 0 Å². The van der Waals surface area contributed by atoms with Crippen LogP contribution in [-0.2, 0) is 9.53 Å². The summed E-state index contributed by atoms with van der Waals surface area (Å²) in [5, 5.41) is 20.5. The molecule has 1 heterocycles. The smallest absolute Gasteiger partial charge is 0.326 e. The number of hydrogen-bond acceptors (Lipinski definition) is 4. The average Bonchev–Trinajstić information content (AvgIpc) is 2.92. The fourth-order valence-corrected chi connectivity index (χ4v) is 2.25. The summed E-state index contributed by atoms with van der Waals surface area (Å²) in [4.78, 5) is 24.6. The molecule has 1 aliphatic rings. The number of urea groups is 1. The molecule has 1 aliphatic heterocycles. The van der Waals surface area contributed by atoms with Gasteiger partial charge in [0.1, 0.15) is 6.04 Å². The summed E-state index contributed by atoms with van der Waals surface area (Å²) in [6, 6.07) is 6.93. The van der Waals surface area contributed by atoms with Crippen LogP contribution in [0, 0.1) is 11.3 Å². The largest absolute Gasteiger partial charge is 0.480 e. The van der Waals surface area contributed by atoms with Gasteiger partial charge >= 0.3 is 12.0 Å². The maximum absolute atomic E-state index is 12.2. The van der Waals surface area contributed by atoms with Crippen molar-refractivity contribution >= 4 is 17.7 Å². The zero-order valence-corrected chi connectivity index (χ0v) is 11.4. The normalized spacial score (nSPS) is 20.9. The molecule has 1 saturated heterocycles. The van der Waals surface area contributed by atoms with E-state index in [0.29, 0.717) is 11.3 Å². The van der Waals surface area contributed by atoms with E-state index in [1.54, 1.807) is 24.3 Å². The molecule has 7 heteroatoms. The van der Waals surface area contributed by atoms with Crippen molar-refractivity contribution in [3.05, 3.63) is 29.8 Å². The number of rotatable bonds is 3. The summed E-state index contributed by atoms with van der Waals surface area (Å²) in [6.45, 7) is 0.232. The Morgan fingerprint density at radius 1 is 1.43 bits per heavy atom. The maximum Gasteiger partial charge on any atom is 0.326 e. The zero-order valence-electron chi connectivity index (χ0n) is 11.4. The number of hydrogen-bond donors (Lipinski definition) is 2. The van der Waals surface area contributed by atoms with E-state index in [2.05, 4.69) is 5.32 Å². The summed E-state index contributed by atoms with van der Waals surface area (Å²) in [5.74, 6) is -1.05. The molecule has 2 unspecified atom stereocenters. The number of nitriles is 1. The molecule has 0 aromatic heterocycles. The topological polar surface area (TPSA) is 103 Å². The van der Waals surface area contributed by atoms with Crippen LogP contribution in [0.15, 0.2) is 24.3 Å². The van der Waals surface area contributed by atoms with Gasteiger partial charge in [0.15, 0.2) is 0 Å². The number of carbonyl (C=O) groups excluding carboxylic acids is 1. The molecular formula is C14H15N3O4. The third-order valence-electron chi connectivity index (χ3n) is 3.41. The molecule has 110 valence electrons. The highest BCUT2D eigenvalue weighted by Crippen LogP contribution is 2.21. The second-order valence-corrected chi connectivity index (χ2v) is 4.72. The molecule has 0 spiro atoms. The Hall–Kier alpha value is -2.59. The van der Waals surface area contributed by atoms with E-state index in [0.717, 1.165) is 0 Å². The number of carboxylic acids is 1. The maximum atomic E-state index is 12.2. The van der Waals surface area contributed by atoms with E-state index in [9.17, 15) is 9.59 Å². The van der Waals surface area contributed by atoms with Crippen LogP contribution >= 0.6 is 0 Å². The van der Waals surface area contributed by atoms with Gasteiger partial charge < -0.3 is 20.1 Å². The molecule has 0 aliphatic carbocycles. The van der Waals surface area contributed by atoms with Gasteiger partial charge in [-0.3, -0.25) is 0 Å². The first-order valence-electron chi connectivity index (χ1n) is 6.38. The van der Waals surface area contributed by atoms with Gasteiger partial charge in [0, 0.05) is 25.8 Å². The highest BCUT2D eigenvalue weighted by molar-refractivity contribution is 5.92. The molecular weight excluding hydrogens is 274 g/mol. The van der Waals surface area contributed by atoms with E-state index in [1.807, 2.05) is 6.07 Å². The molecule has 2 atom stereocenters. The lowest BCUT2D eigenvalue weighted by molar-refractivity contribution is -0.141. The SMILES string of the molecule is COC1CC(C(=O)O)N(C(=O)Nc2ccc(C#N)cc2)C1. The highest BCUT2D eigenvalue weighted by atomic mass is 16.5. The highest BCUT2D eigenvalue weighted by Gasteiger charge is 2.39. The van der Waals surface area contributed by atoms with Crippen LogP contribution in [-0.4, -0.2) is 47.8 Å². The fourth-order valence-electron chi connectivity index (χ4n) is 2.25. The number of methoxy groups -OCH3 is 1. The van der Waals surface area contributed by atoms with Crippen molar-refractivity contribution in [2.45, 2.75) is 18.6 Å². The third-order valence-corrected chi connectivity index (χ3v) is 3.41. The average molecular weight is 289 g/mol. The minimum Gasteiger partial charge on any atom is -0.480 e. The molecule has 0 bridgehead atoms. The van der Waals surface area contributed by atoms with Gasteiger partial charge in [-0.2, -0.15) is 5.26 Å². The van der Waals surface area contributed by atoms with E-state index in [1.165, 1.54) is 12.0 Å². The summed E-state index contributed by atoms with van der Waals surface area (Å²) < 4.78 is 5.13. The summed E-state index contributed by atoms with van der Waals surface area (Å²) in [5.41, 5.74) is 0.987. The van der Waals surface area contributed by atoms with E-state index in [4.69, 9.17) is 15.1 Å². The minimum absolute atomic E-state index is 0.232. The summed E-state index contributed by atoms with van der Waals surface area (Å²) in [7, 11) is 1.49. The molecule has 2 rings (SSSR count). The standard InChI is InChI=1S/C14H15N3O4/c1-21-11-6-12(13(18)19)17(8-11)14(20)16-10-4-2-9(7-15)3-5-10/h2-5,11-12H,6,8H2,1H3,(H,16,20)(H,18,19). The first kappa shape index (κ1) is 14.8. The van der Waals surface area contributed by atoms with Gasteiger partial charge in [-0.15, -0.1) is 0 Å². The Morgan fingerprint density at radius 2 is 2.10 bits per heavy atom. The molecule has 0 radical (unpaired) electrons. The van der Waals surface area contributed by atoms with Crippen LogP contribution in [0.4, 0.5) is 10.5 Å². The Kier molecular flexibility index (Phi) is 4.40. The Morgan fingerprint density at radius 3 is 2.62 bits per heavy atom. The number of amides is 2. The molecule has 1 fully saturated rings. The molecule has 7 nitrogen and oxygen atoms in total. The van der Waals surface area contributed by atoms with Gasteiger partial charge in [-0.05, 0) is 24.3 Å². The monoisotopic (exact) mass is 289 g/mol. The fraction of sp³-hybridized carbons (Fsp3) is 0.357. The van der Waals surface area contributed by atoms with Crippen LogP contribution < -0.4 is 5.32 Å². The predicted octanol–water partition coefficient (Wildman–Crippen LogP) is 1.26. The molecule has 1 aromatic rings. The van der Waals surface area contributed by atoms with Crippen molar-refractivity contribution in [3.8, 4) is 6.07 Å². The van der Waals surface area contributed by atoms with Gasteiger partial charge in [0.2, 0.25) is 0 Å². The van der Waals surface area contributed by atoms with Crippen molar-refractivity contribution < 1.29 is 19.4 Å². The molecule has 21 heavy (non-hydrogen) atoms. The number of aliphatic carboxylic acids is 1. The quantitative estimate of drug-likeness (QED) is 0.872. The first-order chi connectivity index (χ1) is 10.0. The second-order valence-electron chi connectivity index (χ2n) is 4.72. The predicted molar refractivity (Wildman–Crippen MR) is 73.7 cm³/mol. The van der Waals surface area contributed by atoms with E-state index >= 15 is 0 Å². The number of anilines is 1. The van der Waals surface area contributed by atoms with E-state index in [-0.39, 0.29) is 19.1 Å². The second kappa shape index (κ2) is 6.24. The van der Waals surface area contributed by atoms with Crippen molar-refractivity contribution in [1.82, 2.24) is 4.90 Å². The lowest BCUT2D eigenvalue weighted by atomic mass is 10.2. The lowest BCUT2D eigenvalue weighted by Crippen LogP contribution is -2.43. The number of nitrogens with zero attached hydrogens (tertiary/aromatic N) is 2. The molecule has 0 saturated carbocycles. The number of ether oxygens (including phenoxy) is 1. The Bertz CT molecular complexity index is 579. The number of nitrogens with one attached hydrogen (secondary N) is 1. The van der Waals surface area contributed by atoms with Crippen LogP contribution in [0.5, 0.6) is 0 Å². The molecule has 1 aromatic carbocycles. The molecule has 2 N–H and O–H groups in total. The van der Waals surface area contributed by atoms with Crippen LogP contribution in [0.2, 0.25) is 0 Å². The van der Waals surface area contributed by atoms with Gasteiger partial charge in [-0.1, -0.05) is 0 Å². The Balaban J connectivity index is 2.07. The van der Waals surface area contributed by atoms with Crippen LogP contribution in [0.1, 0.15) is 12.0 Å². The number of carbonyl (C=O) groups is 2. The number of benzene rings is 1. The third kappa shape index (κ3) is 3.30. The van der Waals surface area contributed by atoms with E-state index < -0.39 is 18.0 Å². The summed E-state index contributed by atoms with van der Waals surface area (Å²) >= 11 is 0. The van der Waals surface area contributed by atoms with Crippen molar-refractivity contribution in [2.75, 3.05) is 19.0 Å². The van der Waals surface area contributed by atoms with Gasteiger partial charge in [-0.25, -0.2) is 9.59 Å². The first-order valence-corrected chi connectivity index (χ1v) is 6.38. The zero-order chi connectivity index (χ0) is 15.4. The Labute approximate surface area is 121 Å². The summed E-state index contributed by atoms with van der Waals surface area (Å²) in [6.07, 6.45) is -0.00934. The number of likely N-dealkylation sites (tertiary alicyclic amines) is 1. The number of carboxylic acid groups (broad SMARTS) is 1. The van der Waals surface area contributed by atoms with Gasteiger partial charge in [0.25, 0.3) is 0 Å². The van der Waals surface area contributed by atoms with Crippen molar-refractivity contribution in [3.63, 3.8) is 0 Å². The van der Waals surface area contributed by atoms with Crippen LogP contribution in [0.3, 0.4) is 0 Å². The van der Waals surface area contributed by atoms with Crippen LogP contribution in [0.25, 0.3) is 0 Å². The molecule has 2 amide bonds.